The second-order valence-electron chi connectivity index (χ2n) is 7.25. The fraction of sp³-hybridized carbons (Fsp3) is 0.167. The molecule has 0 saturated heterocycles. The number of nitrogens with one attached hydrogen (secondary N) is 1. The summed E-state index contributed by atoms with van der Waals surface area (Å²) >= 11 is 0. The molecule has 170 valence electrons. The molecule has 0 atom stereocenters. The Morgan fingerprint density at radius 2 is 1.85 bits per heavy atom. The van der Waals surface area contributed by atoms with E-state index < -0.39 is 5.91 Å². The lowest BCUT2D eigenvalue weighted by Crippen LogP contribution is -2.12. The van der Waals surface area contributed by atoms with Crippen molar-refractivity contribution in [3.05, 3.63) is 83.4 Å². The molecule has 0 aliphatic carbocycles. The SMILES string of the molecule is Cc1cnc(-c2cnc(Nc3ccc(C(N)=O)c(C)c3)nc2N)o1.OCCc1ccccc1. The number of hydrogen-bond acceptors (Lipinski definition) is 8. The number of hydrogen-bond donors (Lipinski definition) is 4. The molecule has 0 saturated carbocycles. The van der Waals surface area contributed by atoms with Crippen molar-refractivity contribution in [2.24, 2.45) is 5.73 Å². The maximum Gasteiger partial charge on any atom is 0.248 e. The van der Waals surface area contributed by atoms with Crippen molar-refractivity contribution < 1.29 is 14.3 Å². The van der Waals surface area contributed by atoms with E-state index in [1.54, 1.807) is 44.4 Å². The second-order valence-corrected chi connectivity index (χ2v) is 7.25. The summed E-state index contributed by atoms with van der Waals surface area (Å²) in [6.45, 7) is 3.83. The van der Waals surface area contributed by atoms with Crippen molar-refractivity contribution in [1.82, 2.24) is 15.0 Å². The zero-order chi connectivity index (χ0) is 23.8. The predicted molar refractivity (Wildman–Crippen MR) is 127 cm³/mol. The maximum atomic E-state index is 11.3. The van der Waals surface area contributed by atoms with Crippen LogP contribution in [0.15, 0.2) is 65.3 Å². The van der Waals surface area contributed by atoms with Crippen LogP contribution in [0.1, 0.15) is 27.2 Å². The largest absolute Gasteiger partial charge is 0.441 e. The van der Waals surface area contributed by atoms with E-state index in [9.17, 15) is 4.79 Å². The van der Waals surface area contributed by atoms with Gasteiger partial charge in [0.2, 0.25) is 17.7 Å². The number of aryl methyl sites for hydroxylation is 2. The van der Waals surface area contributed by atoms with Crippen LogP contribution in [0.4, 0.5) is 17.5 Å². The van der Waals surface area contributed by atoms with Gasteiger partial charge in [0.1, 0.15) is 11.6 Å². The Bertz CT molecular complexity index is 1220. The van der Waals surface area contributed by atoms with Gasteiger partial charge in [0.05, 0.1) is 11.8 Å². The van der Waals surface area contributed by atoms with Crippen molar-refractivity contribution in [1.29, 1.82) is 0 Å². The number of primary amides is 1. The van der Waals surface area contributed by atoms with Crippen LogP contribution >= 0.6 is 0 Å². The summed E-state index contributed by atoms with van der Waals surface area (Å²) < 4.78 is 5.42. The number of nitrogens with two attached hydrogens (primary N) is 2. The van der Waals surface area contributed by atoms with E-state index >= 15 is 0 Å². The molecular formula is C24H26N6O3. The number of aliphatic hydroxyl groups is 1. The zero-order valence-electron chi connectivity index (χ0n) is 18.4. The molecule has 2 aromatic heterocycles. The van der Waals surface area contributed by atoms with E-state index in [4.69, 9.17) is 21.0 Å². The van der Waals surface area contributed by atoms with Gasteiger partial charge in [-0.25, -0.2) is 9.97 Å². The third-order valence-corrected chi connectivity index (χ3v) is 4.66. The van der Waals surface area contributed by atoms with Crippen LogP contribution in [0.2, 0.25) is 0 Å². The molecule has 9 nitrogen and oxygen atoms in total. The molecule has 0 radical (unpaired) electrons. The Balaban J connectivity index is 0.000000286. The number of oxazole rings is 1. The molecule has 0 unspecified atom stereocenters. The first kappa shape index (κ1) is 23.4. The van der Waals surface area contributed by atoms with Gasteiger partial charge in [-0.05, 0) is 49.6 Å². The van der Waals surface area contributed by atoms with Crippen molar-refractivity contribution in [3.63, 3.8) is 0 Å². The lowest BCUT2D eigenvalue weighted by atomic mass is 10.1. The highest BCUT2D eigenvalue weighted by Gasteiger charge is 2.12. The number of rotatable bonds is 6. The number of benzene rings is 2. The molecule has 0 fully saturated rings. The van der Waals surface area contributed by atoms with Gasteiger partial charge in [-0.2, -0.15) is 4.98 Å². The predicted octanol–water partition coefficient (Wildman–Crippen LogP) is 3.39. The molecule has 9 heteroatoms. The zero-order valence-corrected chi connectivity index (χ0v) is 18.4. The van der Waals surface area contributed by atoms with Gasteiger partial charge < -0.3 is 26.3 Å². The Morgan fingerprint density at radius 1 is 1.09 bits per heavy atom. The number of amides is 1. The minimum atomic E-state index is -0.467. The molecule has 4 aromatic rings. The maximum absolute atomic E-state index is 11.3. The van der Waals surface area contributed by atoms with Crippen LogP contribution < -0.4 is 16.8 Å². The number of nitrogens with zero attached hydrogens (tertiary/aromatic N) is 3. The first-order valence-corrected chi connectivity index (χ1v) is 10.2. The summed E-state index contributed by atoms with van der Waals surface area (Å²) in [5, 5.41) is 11.5. The van der Waals surface area contributed by atoms with E-state index in [0.29, 0.717) is 28.7 Å². The number of aromatic nitrogens is 3. The van der Waals surface area contributed by atoms with Gasteiger partial charge in [0.15, 0.2) is 0 Å². The number of anilines is 3. The topological polar surface area (TPSA) is 153 Å². The summed E-state index contributed by atoms with van der Waals surface area (Å²) in [7, 11) is 0. The third-order valence-electron chi connectivity index (χ3n) is 4.66. The number of carbonyl (C=O) groups is 1. The van der Waals surface area contributed by atoms with Crippen LogP contribution in [0.25, 0.3) is 11.5 Å². The highest BCUT2D eigenvalue weighted by atomic mass is 16.4. The summed E-state index contributed by atoms with van der Waals surface area (Å²) in [5.41, 5.74) is 14.9. The van der Waals surface area contributed by atoms with Gasteiger partial charge >= 0.3 is 0 Å². The molecule has 0 spiro atoms. The van der Waals surface area contributed by atoms with Gasteiger partial charge in [0.25, 0.3) is 0 Å². The van der Waals surface area contributed by atoms with Crippen molar-refractivity contribution in [2.75, 3.05) is 17.7 Å². The molecule has 6 N–H and O–H groups in total. The Hall–Kier alpha value is -4.24. The number of nitrogen functional groups attached to an aromatic ring is 1. The Labute approximate surface area is 191 Å². The molecule has 33 heavy (non-hydrogen) atoms. The number of aliphatic hydroxyl groups excluding tert-OH is 1. The third kappa shape index (κ3) is 6.37. The van der Waals surface area contributed by atoms with Crippen LogP contribution in [-0.2, 0) is 6.42 Å². The molecule has 0 aliphatic heterocycles. The second kappa shape index (κ2) is 10.9. The van der Waals surface area contributed by atoms with Crippen LogP contribution in [0.3, 0.4) is 0 Å². The van der Waals surface area contributed by atoms with Crippen LogP contribution in [-0.4, -0.2) is 32.6 Å². The van der Waals surface area contributed by atoms with Crippen LogP contribution in [0, 0.1) is 13.8 Å². The average Bonchev–Trinajstić information content (AvgIpc) is 3.21. The van der Waals surface area contributed by atoms with Crippen molar-refractivity contribution >= 4 is 23.4 Å². The average molecular weight is 447 g/mol. The molecule has 1 amide bonds. The molecule has 0 bridgehead atoms. The standard InChI is InChI=1S/C16H16N6O2.C8H10O/c1-8-5-10(3-4-11(8)14(18)23)21-16-20-7-12(13(17)22-16)15-19-6-9(2)24-15;9-7-6-8-4-2-1-3-5-8/h3-7H,1-2H3,(H2,18,23)(H3,17,20,21,22);1-5,9H,6-7H2. The van der Waals surface area contributed by atoms with E-state index in [1.165, 1.54) is 5.56 Å². The lowest BCUT2D eigenvalue weighted by Gasteiger charge is -2.09. The summed E-state index contributed by atoms with van der Waals surface area (Å²) in [6.07, 6.45) is 3.91. The quantitative estimate of drug-likeness (QED) is 0.351. The van der Waals surface area contributed by atoms with E-state index in [-0.39, 0.29) is 12.4 Å². The Kier molecular flexibility index (Phi) is 7.72. The van der Waals surface area contributed by atoms with Gasteiger partial charge in [0, 0.05) is 24.1 Å². The van der Waals surface area contributed by atoms with Gasteiger partial charge in [-0.15, -0.1) is 0 Å². The highest BCUT2D eigenvalue weighted by Crippen LogP contribution is 2.25. The van der Waals surface area contributed by atoms with E-state index in [2.05, 4.69) is 20.3 Å². The number of carbonyl (C=O) groups excluding carboxylic acids is 1. The monoisotopic (exact) mass is 446 g/mol. The summed E-state index contributed by atoms with van der Waals surface area (Å²) in [6, 6.07) is 15.1. The van der Waals surface area contributed by atoms with E-state index in [0.717, 1.165) is 17.7 Å². The summed E-state index contributed by atoms with van der Waals surface area (Å²) in [4.78, 5) is 23.8. The Morgan fingerprint density at radius 3 is 2.42 bits per heavy atom. The molecule has 0 aliphatic rings. The molecular weight excluding hydrogens is 420 g/mol. The fourth-order valence-electron chi connectivity index (χ4n) is 3.02. The van der Waals surface area contributed by atoms with Crippen LogP contribution in [0.5, 0.6) is 0 Å². The smallest absolute Gasteiger partial charge is 0.248 e. The first-order chi connectivity index (χ1) is 15.9. The van der Waals surface area contributed by atoms with Crippen molar-refractivity contribution in [2.45, 2.75) is 20.3 Å². The lowest BCUT2D eigenvalue weighted by molar-refractivity contribution is 0.0999. The van der Waals surface area contributed by atoms with Gasteiger partial charge in [-0.1, -0.05) is 30.3 Å². The minimum absolute atomic E-state index is 0.240. The normalized spacial score (nSPS) is 10.3. The highest BCUT2D eigenvalue weighted by molar-refractivity contribution is 5.94. The fourth-order valence-corrected chi connectivity index (χ4v) is 3.02. The molecule has 2 aromatic carbocycles. The van der Waals surface area contributed by atoms with Gasteiger partial charge in [-0.3, -0.25) is 4.79 Å². The molecule has 2 heterocycles. The summed E-state index contributed by atoms with van der Waals surface area (Å²) in [5.74, 6) is 1.16. The minimum Gasteiger partial charge on any atom is -0.441 e. The first-order valence-electron chi connectivity index (χ1n) is 10.2. The van der Waals surface area contributed by atoms with Crippen molar-refractivity contribution in [3.8, 4) is 11.5 Å². The van der Waals surface area contributed by atoms with E-state index in [1.807, 2.05) is 30.3 Å². The molecule has 4 rings (SSSR count).